The molecule has 0 spiro atoms. The van der Waals surface area contributed by atoms with Gasteiger partial charge in [0.05, 0.1) is 4.90 Å². The second-order valence-corrected chi connectivity index (χ2v) is 7.44. The summed E-state index contributed by atoms with van der Waals surface area (Å²) >= 11 is 0. The van der Waals surface area contributed by atoms with Crippen LogP contribution in [-0.4, -0.2) is 38.3 Å². The first-order chi connectivity index (χ1) is 10.9. The van der Waals surface area contributed by atoms with Crippen LogP contribution < -0.4 is 5.32 Å². The Balaban J connectivity index is 3.02. The van der Waals surface area contributed by atoms with Crippen molar-refractivity contribution in [2.75, 3.05) is 19.6 Å². The SMILES string of the molecule is CCCCCNC(=O)c1ccc(C)c(S(=O)(=O)N(CC)CC)c1. The predicted octanol–water partition coefficient (Wildman–Crippen LogP) is 2.95. The van der Waals surface area contributed by atoms with E-state index in [4.69, 9.17) is 0 Å². The highest BCUT2D eigenvalue weighted by atomic mass is 32.2. The lowest BCUT2D eigenvalue weighted by Crippen LogP contribution is -2.31. The van der Waals surface area contributed by atoms with Crippen molar-refractivity contribution in [3.05, 3.63) is 29.3 Å². The molecule has 0 atom stereocenters. The standard InChI is InChI=1S/C17H28N2O3S/c1-5-8-9-12-18-17(20)15-11-10-14(4)16(13-15)23(21,22)19(6-2)7-3/h10-11,13H,5-9,12H2,1-4H3,(H,18,20). The number of hydrogen-bond acceptors (Lipinski definition) is 3. The molecule has 0 bridgehead atoms. The molecule has 1 aromatic rings. The first-order valence-electron chi connectivity index (χ1n) is 8.27. The summed E-state index contributed by atoms with van der Waals surface area (Å²) in [6, 6.07) is 4.85. The van der Waals surface area contributed by atoms with E-state index in [9.17, 15) is 13.2 Å². The Hall–Kier alpha value is -1.40. The molecule has 0 aromatic heterocycles. The molecule has 0 fully saturated rings. The van der Waals surface area contributed by atoms with Crippen molar-refractivity contribution < 1.29 is 13.2 Å². The van der Waals surface area contributed by atoms with Crippen molar-refractivity contribution in [1.29, 1.82) is 0 Å². The van der Waals surface area contributed by atoms with Gasteiger partial charge in [0.25, 0.3) is 5.91 Å². The van der Waals surface area contributed by atoms with Crippen molar-refractivity contribution in [1.82, 2.24) is 9.62 Å². The Morgan fingerprint density at radius 1 is 1.13 bits per heavy atom. The van der Waals surface area contributed by atoms with Crippen LogP contribution >= 0.6 is 0 Å². The Bertz CT molecular complexity index is 623. The second kappa shape index (κ2) is 9.03. The summed E-state index contributed by atoms with van der Waals surface area (Å²) in [5, 5.41) is 2.84. The topological polar surface area (TPSA) is 66.5 Å². The van der Waals surface area contributed by atoms with E-state index in [0.29, 0.717) is 30.8 Å². The van der Waals surface area contributed by atoms with Gasteiger partial charge in [-0.25, -0.2) is 8.42 Å². The van der Waals surface area contributed by atoms with Crippen LogP contribution in [0.5, 0.6) is 0 Å². The number of rotatable bonds is 9. The fraction of sp³-hybridized carbons (Fsp3) is 0.588. The fourth-order valence-electron chi connectivity index (χ4n) is 2.40. The van der Waals surface area contributed by atoms with Gasteiger partial charge < -0.3 is 5.32 Å². The van der Waals surface area contributed by atoms with Crippen molar-refractivity contribution in [2.45, 2.75) is 51.9 Å². The molecule has 0 heterocycles. The quantitative estimate of drug-likeness (QED) is 0.703. The highest BCUT2D eigenvalue weighted by Gasteiger charge is 2.24. The van der Waals surface area contributed by atoms with E-state index in [1.807, 2.05) is 0 Å². The lowest BCUT2D eigenvalue weighted by molar-refractivity contribution is 0.0952. The van der Waals surface area contributed by atoms with Crippen molar-refractivity contribution in [3.63, 3.8) is 0 Å². The van der Waals surface area contributed by atoms with Gasteiger partial charge in [0, 0.05) is 25.2 Å². The molecule has 6 heteroatoms. The van der Waals surface area contributed by atoms with Crippen LogP contribution in [0.15, 0.2) is 23.1 Å². The van der Waals surface area contributed by atoms with E-state index >= 15 is 0 Å². The van der Waals surface area contributed by atoms with Gasteiger partial charge in [0.2, 0.25) is 10.0 Å². The molecular formula is C17H28N2O3S. The maximum absolute atomic E-state index is 12.7. The molecule has 1 aromatic carbocycles. The largest absolute Gasteiger partial charge is 0.352 e. The van der Waals surface area contributed by atoms with Gasteiger partial charge in [-0.3, -0.25) is 4.79 Å². The van der Waals surface area contributed by atoms with Crippen LogP contribution in [0.2, 0.25) is 0 Å². The number of aryl methyl sites for hydroxylation is 1. The number of sulfonamides is 1. The molecule has 1 N–H and O–H groups in total. The summed E-state index contributed by atoms with van der Waals surface area (Å²) < 4.78 is 26.8. The predicted molar refractivity (Wildman–Crippen MR) is 93.1 cm³/mol. The molecule has 1 amide bonds. The van der Waals surface area contributed by atoms with Crippen LogP contribution in [-0.2, 0) is 10.0 Å². The van der Waals surface area contributed by atoms with Gasteiger partial charge in [-0.1, -0.05) is 39.7 Å². The number of nitrogens with zero attached hydrogens (tertiary/aromatic N) is 1. The van der Waals surface area contributed by atoms with E-state index in [-0.39, 0.29) is 10.8 Å². The maximum atomic E-state index is 12.7. The molecule has 0 aliphatic heterocycles. The van der Waals surface area contributed by atoms with Gasteiger partial charge in [-0.15, -0.1) is 0 Å². The highest BCUT2D eigenvalue weighted by molar-refractivity contribution is 7.89. The Labute approximate surface area is 140 Å². The number of carbonyl (C=O) groups excluding carboxylic acids is 1. The van der Waals surface area contributed by atoms with Crippen LogP contribution in [0.25, 0.3) is 0 Å². The molecule has 0 saturated heterocycles. The summed E-state index contributed by atoms with van der Waals surface area (Å²) in [6.45, 7) is 8.89. The number of unbranched alkanes of at least 4 members (excludes halogenated alkanes) is 2. The summed E-state index contributed by atoms with van der Waals surface area (Å²) in [5.41, 5.74) is 1.04. The van der Waals surface area contributed by atoms with Crippen LogP contribution in [0, 0.1) is 6.92 Å². The summed E-state index contributed by atoms with van der Waals surface area (Å²) in [7, 11) is -3.56. The van der Waals surface area contributed by atoms with E-state index < -0.39 is 10.0 Å². The lowest BCUT2D eigenvalue weighted by Gasteiger charge is -2.20. The van der Waals surface area contributed by atoms with Crippen LogP contribution in [0.4, 0.5) is 0 Å². The molecule has 0 unspecified atom stereocenters. The zero-order valence-electron chi connectivity index (χ0n) is 14.6. The smallest absolute Gasteiger partial charge is 0.251 e. The van der Waals surface area contributed by atoms with E-state index in [1.54, 1.807) is 32.9 Å². The number of carbonyl (C=O) groups is 1. The van der Waals surface area contributed by atoms with Gasteiger partial charge in [0.1, 0.15) is 0 Å². The number of nitrogens with one attached hydrogen (secondary N) is 1. The number of hydrogen-bond donors (Lipinski definition) is 1. The molecule has 130 valence electrons. The van der Waals surface area contributed by atoms with Crippen LogP contribution in [0.3, 0.4) is 0 Å². The zero-order valence-corrected chi connectivity index (χ0v) is 15.4. The first-order valence-corrected chi connectivity index (χ1v) is 9.71. The third kappa shape index (κ3) is 5.04. The van der Waals surface area contributed by atoms with Crippen LogP contribution in [0.1, 0.15) is 56.0 Å². The van der Waals surface area contributed by atoms with E-state index in [2.05, 4.69) is 12.2 Å². The monoisotopic (exact) mass is 340 g/mol. The minimum atomic E-state index is -3.56. The average molecular weight is 340 g/mol. The second-order valence-electron chi connectivity index (χ2n) is 5.53. The fourth-order valence-corrected chi connectivity index (χ4v) is 4.11. The molecule has 23 heavy (non-hydrogen) atoms. The minimum absolute atomic E-state index is 0.211. The van der Waals surface area contributed by atoms with E-state index in [0.717, 1.165) is 19.3 Å². The van der Waals surface area contributed by atoms with Crippen molar-refractivity contribution >= 4 is 15.9 Å². The molecule has 0 radical (unpaired) electrons. The summed E-state index contributed by atoms with van der Waals surface area (Å²) in [5.74, 6) is -0.225. The Kier molecular flexibility index (Phi) is 7.72. The van der Waals surface area contributed by atoms with Gasteiger partial charge >= 0.3 is 0 Å². The first kappa shape index (κ1) is 19.6. The molecule has 0 aliphatic carbocycles. The molecule has 0 saturated carbocycles. The Morgan fingerprint density at radius 3 is 2.35 bits per heavy atom. The van der Waals surface area contributed by atoms with Gasteiger partial charge in [-0.05, 0) is 31.0 Å². The normalized spacial score (nSPS) is 11.7. The minimum Gasteiger partial charge on any atom is -0.352 e. The molecule has 0 aliphatic rings. The maximum Gasteiger partial charge on any atom is 0.251 e. The van der Waals surface area contributed by atoms with Crippen molar-refractivity contribution in [3.8, 4) is 0 Å². The van der Waals surface area contributed by atoms with Gasteiger partial charge in [-0.2, -0.15) is 4.31 Å². The lowest BCUT2D eigenvalue weighted by atomic mass is 10.1. The van der Waals surface area contributed by atoms with Crippen molar-refractivity contribution in [2.24, 2.45) is 0 Å². The summed E-state index contributed by atoms with van der Waals surface area (Å²) in [4.78, 5) is 12.4. The summed E-state index contributed by atoms with van der Waals surface area (Å²) in [6.07, 6.45) is 3.08. The number of benzene rings is 1. The third-order valence-electron chi connectivity index (χ3n) is 3.84. The molecular weight excluding hydrogens is 312 g/mol. The van der Waals surface area contributed by atoms with E-state index in [1.165, 1.54) is 10.4 Å². The molecule has 5 nitrogen and oxygen atoms in total. The zero-order chi connectivity index (χ0) is 17.5. The number of amides is 1. The molecule has 1 rings (SSSR count). The average Bonchev–Trinajstić information content (AvgIpc) is 2.52. The Morgan fingerprint density at radius 2 is 1.78 bits per heavy atom. The third-order valence-corrected chi connectivity index (χ3v) is 6.03. The van der Waals surface area contributed by atoms with Gasteiger partial charge in [0.15, 0.2) is 0 Å². The highest BCUT2D eigenvalue weighted by Crippen LogP contribution is 2.21.